The number of likely N-dealkylation sites (N-methyl/N-ethyl adjacent to an activating group) is 1. The summed E-state index contributed by atoms with van der Waals surface area (Å²) >= 11 is 0. The Labute approximate surface area is 124 Å². The summed E-state index contributed by atoms with van der Waals surface area (Å²) in [5.41, 5.74) is -2.28. The molecule has 1 amide bonds. The van der Waals surface area contributed by atoms with E-state index in [0.29, 0.717) is 18.9 Å². The van der Waals surface area contributed by atoms with E-state index in [1.807, 2.05) is 32.8 Å². The zero-order valence-corrected chi connectivity index (χ0v) is 13.2. The Morgan fingerprint density at radius 2 is 2.00 bits per heavy atom. The molecule has 0 aliphatic carbocycles. The number of halogens is 3. The van der Waals surface area contributed by atoms with Gasteiger partial charge in [0, 0.05) is 19.1 Å². The highest BCUT2D eigenvalue weighted by Crippen LogP contribution is 2.43. The molecular weight excluding hydrogens is 283 g/mol. The predicted molar refractivity (Wildman–Crippen MR) is 75.9 cm³/mol. The van der Waals surface area contributed by atoms with E-state index in [4.69, 9.17) is 0 Å². The second-order valence-corrected chi connectivity index (χ2v) is 6.57. The minimum Gasteiger partial charge on any atom is -0.351 e. The van der Waals surface area contributed by atoms with E-state index < -0.39 is 17.5 Å². The molecule has 0 saturated carbocycles. The van der Waals surface area contributed by atoms with Gasteiger partial charge in [-0.1, -0.05) is 13.8 Å². The first kappa shape index (κ1) is 18.2. The Balaban J connectivity index is 2.83. The van der Waals surface area contributed by atoms with Gasteiger partial charge in [-0.05, 0) is 39.4 Å². The van der Waals surface area contributed by atoms with Crippen molar-refractivity contribution in [3.8, 4) is 0 Å². The first-order chi connectivity index (χ1) is 9.58. The Hall–Kier alpha value is -0.820. The lowest BCUT2D eigenvalue weighted by Crippen LogP contribution is -2.56. The van der Waals surface area contributed by atoms with Crippen LogP contribution in [0.4, 0.5) is 13.2 Å². The first-order valence-corrected chi connectivity index (χ1v) is 7.31. The zero-order chi connectivity index (χ0) is 16.3. The minimum absolute atomic E-state index is 0.196. The quantitative estimate of drug-likeness (QED) is 0.784. The van der Waals surface area contributed by atoms with Crippen LogP contribution >= 0.6 is 0 Å². The van der Waals surface area contributed by atoms with E-state index >= 15 is 0 Å². The minimum atomic E-state index is -4.53. The highest BCUT2D eigenvalue weighted by Gasteiger charge is 2.61. The lowest BCUT2D eigenvalue weighted by molar-refractivity contribution is -0.216. The molecule has 1 fully saturated rings. The Kier molecular flexibility index (Phi) is 6.04. The topological polar surface area (TPSA) is 44.4 Å². The largest absolute Gasteiger partial charge is 0.404 e. The lowest BCUT2D eigenvalue weighted by atomic mass is 9.84. The highest BCUT2D eigenvalue weighted by molar-refractivity contribution is 5.84. The summed E-state index contributed by atoms with van der Waals surface area (Å²) < 4.78 is 40.0. The molecule has 1 saturated heterocycles. The number of carbonyl (C=O) groups is 1. The number of hydrogen-bond acceptors (Lipinski definition) is 3. The molecule has 2 unspecified atom stereocenters. The Bertz CT molecular complexity index is 340. The fraction of sp³-hybridized carbons (Fsp3) is 0.929. The third-order valence-corrected chi connectivity index (χ3v) is 3.81. The van der Waals surface area contributed by atoms with Gasteiger partial charge in [-0.25, -0.2) is 0 Å². The molecule has 1 rings (SSSR count). The zero-order valence-electron chi connectivity index (χ0n) is 13.2. The van der Waals surface area contributed by atoms with Gasteiger partial charge in [-0.3, -0.25) is 4.79 Å². The van der Waals surface area contributed by atoms with Crippen LogP contribution in [0.1, 0.15) is 26.7 Å². The fourth-order valence-electron chi connectivity index (χ4n) is 2.77. The van der Waals surface area contributed by atoms with E-state index in [0.717, 1.165) is 0 Å². The molecule has 2 atom stereocenters. The van der Waals surface area contributed by atoms with Crippen LogP contribution in [0.5, 0.6) is 0 Å². The predicted octanol–water partition coefficient (Wildman–Crippen LogP) is 1.62. The summed E-state index contributed by atoms with van der Waals surface area (Å²) in [5.74, 6) is -0.591. The number of hydrogen-bond donors (Lipinski definition) is 2. The summed E-state index contributed by atoms with van der Waals surface area (Å²) in [6, 6.07) is -0.271. The van der Waals surface area contributed by atoms with E-state index in [2.05, 4.69) is 10.6 Å². The molecule has 21 heavy (non-hydrogen) atoms. The summed E-state index contributed by atoms with van der Waals surface area (Å²) in [6.07, 6.45) is -4.06. The van der Waals surface area contributed by atoms with Crippen molar-refractivity contribution in [2.75, 3.05) is 33.7 Å². The van der Waals surface area contributed by atoms with E-state index in [1.54, 1.807) is 0 Å². The van der Waals surface area contributed by atoms with Gasteiger partial charge in [-0.2, -0.15) is 13.2 Å². The summed E-state index contributed by atoms with van der Waals surface area (Å²) in [7, 11) is 3.69. The van der Waals surface area contributed by atoms with Crippen molar-refractivity contribution in [2.45, 2.75) is 38.9 Å². The molecule has 0 aromatic carbocycles. The van der Waals surface area contributed by atoms with Gasteiger partial charge < -0.3 is 15.5 Å². The van der Waals surface area contributed by atoms with E-state index in [9.17, 15) is 18.0 Å². The van der Waals surface area contributed by atoms with Gasteiger partial charge in [-0.15, -0.1) is 0 Å². The molecule has 1 aliphatic heterocycles. The monoisotopic (exact) mass is 309 g/mol. The molecule has 0 aromatic heterocycles. The molecule has 4 nitrogen and oxygen atoms in total. The summed E-state index contributed by atoms with van der Waals surface area (Å²) in [4.78, 5) is 14.2. The number of alkyl halides is 3. The summed E-state index contributed by atoms with van der Waals surface area (Å²) in [5, 5.41) is 5.29. The Morgan fingerprint density at radius 1 is 1.38 bits per heavy atom. The second-order valence-electron chi connectivity index (χ2n) is 6.57. The van der Waals surface area contributed by atoms with Crippen LogP contribution in [0.3, 0.4) is 0 Å². The summed E-state index contributed by atoms with van der Waals surface area (Å²) in [6.45, 7) is 4.40. The smallest absolute Gasteiger partial charge is 0.351 e. The van der Waals surface area contributed by atoms with Crippen molar-refractivity contribution in [1.29, 1.82) is 0 Å². The average molecular weight is 309 g/mol. The Morgan fingerprint density at radius 3 is 2.38 bits per heavy atom. The van der Waals surface area contributed by atoms with Crippen LogP contribution in [0.2, 0.25) is 0 Å². The number of amides is 1. The maximum absolute atomic E-state index is 13.3. The SMILES string of the molecule is CC(C)CC(CN(C)C)NC(=O)C1(C(F)(F)F)CCNC1. The van der Waals surface area contributed by atoms with Gasteiger partial charge in [0.25, 0.3) is 0 Å². The van der Waals surface area contributed by atoms with E-state index in [-0.39, 0.29) is 25.6 Å². The molecule has 124 valence electrons. The average Bonchev–Trinajstić information content (AvgIpc) is 2.75. The fourth-order valence-corrected chi connectivity index (χ4v) is 2.77. The lowest BCUT2D eigenvalue weighted by Gasteiger charge is -2.32. The van der Waals surface area contributed by atoms with Crippen LogP contribution in [0, 0.1) is 11.3 Å². The van der Waals surface area contributed by atoms with Crippen molar-refractivity contribution in [2.24, 2.45) is 11.3 Å². The molecular formula is C14H26F3N3O. The highest BCUT2D eigenvalue weighted by atomic mass is 19.4. The van der Waals surface area contributed by atoms with E-state index in [1.165, 1.54) is 0 Å². The van der Waals surface area contributed by atoms with Crippen molar-refractivity contribution in [1.82, 2.24) is 15.5 Å². The molecule has 0 spiro atoms. The van der Waals surface area contributed by atoms with Crippen LogP contribution in [0.15, 0.2) is 0 Å². The number of nitrogens with zero attached hydrogens (tertiary/aromatic N) is 1. The third-order valence-electron chi connectivity index (χ3n) is 3.81. The number of nitrogens with one attached hydrogen (secondary N) is 2. The molecule has 1 aliphatic rings. The van der Waals surface area contributed by atoms with Crippen molar-refractivity contribution in [3.63, 3.8) is 0 Å². The number of rotatable bonds is 6. The van der Waals surface area contributed by atoms with Gasteiger partial charge in [0.1, 0.15) is 0 Å². The maximum Gasteiger partial charge on any atom is 0.404 e. The maximum atomic E-state index is 13.3. The molecule has 0 bridgehead atoms. The molecule has 2 N–H and O–H groups in total. The van der Waals surface area contributed by atoms with Crippen LogP contribution in [-0.2, 0) is 4.79 Å². The molecule has 0 aromatic rings. The van der Waals surface area contributed by atoms with Crippen molar-refractivity contribution >= 4 is 5.91 Å². The molecule has 7 heteroatoms. The second kappa shape index (κ2) is 6.96. The standard InChI is InChI=1S/C14H26F3N3O/c1-10(2)7-11(8-20(3)4)19-12(21)13(14(15,16)17)5-6-18-9-13/h10-11,18H,5-9H2,1-4H3,(H,19,21). The van der Waals surface area contributed by atoms with Crippen LogP contribution < -0.4 is 10.6 Å². The third kappa shape index (κ3) is 4.57. The van der Waals surface area contributed by atoms with Gasteiger partial charge in [0.2, 0.25) is 5.91 Å². The van der Waals surface area contributed by atoms with Crippen molar-refractivity contribution in [3.05, 3.63) is 0 Å². The van der Waals surface area contributed by atoms with Gasteiger partial charge in [0.05, 0.1) is 0 Å². The number of carbonyl (C=O) groups excluding carboxylic acids is 1. The van der Waals surface area contributed by atoms with Gasteiger partial charge in [0.15, 0.2) is 5.41 Å². The van der Waals surface area contributed by atoms with Gasteiger partial charge >= 0.3 is 6.18 Å². The van der Waals surface area contributed by atoms with Crippen molar-refractivity contribution < 1.29 is 18.0 Å². The molecule has 0 radical (unpaired) electrons. The van der Waals surface area contributed by atoms with Crippen LogP contribution in [0.25, 0.3) is 0 Å². The molecule has 1 heterocycles. The van der Waals surface area contributed by atoms with Crippen LogP contribution in [-0.4, -0.2) is 56.8 Å². The first-order valence-electron chi connectivity index (χ1n) is 7.31. The normalized spacial score (nSPS) is 24.6.